The molecule has 7 heteroatoms. The van der Waals surface area contributed by atoms with Crippen molar-refractivity contribution in [2.24, 2.45) is 0 Å². The number of aliphatic hydroxyl groups is 1. The van der Waals surface area contributed by atoms with Crippen molar-refractivity contribution in [2.75, 3.05) is 52.5 Å². The fourth-order valence-electron chi connectivity index (χ4n) is 1.66. The van der Waals surface area contributed by atoms with Gasteiger partial charge in [-0.05, 0) is 13.0 Å². The Hall–Kier alpha value is -1.18. The Morgan fingerprint density at radius 1 is 1.11 bits per heavy atom. The van der Waals surface area contributed by atoms with E-state index in [0.29, 0.717) is 6.54 Å². The molecule has 0 aliphatic carbocycles. The van der Waals surface area contributed by atoms with Crippen LogP contribution in [0.25, 0.3) is 0 Å². The van der Waals surface area contributed by atoms with Gasteiger partial charge in [-0.15, -0.1) is 0 Å². The summed E-state index contributed by atoms with van der Waals surface area (Å²) in [5.41, 5.74) is 0. The van der Waals surface area contributed by atoms with Gasteiger partial charge in [0.1, 0.15) is 0 Å². The number of carbonyl (C=O) groups excluding carboxylic acids is 2. The largest absolute Gasteiger partial charge is 0.395 e. The van der Waals surface area contributed by atoms with Gasteiger partial charge in [0.25, 0.3) is 0 Å². The molecule has 18 heavy (non-hydrogen) atoms. The van der Waals surface area contributed by atoms with Crippen molar-refractivity contribution in [3.63, 3.8) is 0 Å². The van der Waals surface area contributed by atoms with Crippen molar-refractivity contribution in [3.05, 3.63) is 0 Å². The molecule has 0 aromatic heterocycles. The number of hydrogen-bond donors (Lipinski definition) is 3. The van der Waals surface area contributed by atoms with E-state index >= 15 is 0 Å². The van der Waals surface area contributed by atoms with Crippen molar-refractivity contribution in [2.45, 2.75) is 6.42 Å². The van der Waals surface area contributed by atoms with Gasteiger partial charge in [0.15, 0.2) is 0 Å². The molecule has 0 aromatic carbocycles. The molecule has 1 heterocycles. The topological polar surface area (TPSA) is 90.9 Å². The molecule has 1 aliphatic rings. The second-order valence-electron chi connectivity index (χ2n) is 4.04. The lowest BCUT2D eigenvalue weighted by Gasteiger charge is -2.26. The molecular weight excluding hydrogens is 238 g/mol. The van der Waals surface area contributed by atoms with E-state index in [1.807, 2.05) is 0 Å². The number of carbonyl (C=O) groups is 2. The molecule has 0 atom stereocenters. The summed E-state index contributed by atoms with van der Waals surface area (Å²) in [4.78, 5) is 24.7. The summed E-state index contributed by atoms with van der Waals surface area (Å²) in [5, 5.41) is 13.3. The fraction of sp³-hybridized carbons (Fsp3) is 0.818. The van der Waals surface area contributed by atoms with E-state index in [9.17, 15) is 9.59 Å². The summed E-state index contributed by atoms with van der Waals surface area (Å²) in [6.45, 7) is 4.66. The summed E-state index contributed by atoms with van der Waals surface area (Å²) in [5.74, 6) is -1.35. The molecule has 0 unspecified atom stereocenters. The lowest BCUT2D eigenvalue weighted by atomic mass is 10.3. The Morgan fingerprint density at radius 3 is 2.33 bits per heavy atom. The molecule has 1 fully saturated rings. The fourth-order valence-corrected chi connectivity index (χ4v) is 1.66. The minimum Gasteiger partial charge on any atom is -0.395 e. The molecule has 1 saturated heterocycles. The van der Waals surface area contributed by atoms with Crippen LogP contribution in [0.3, 0.4) is 0 Å². The minimum absolute atomic E-state index is 0.0973. The molecule has 0 bridgehead atoms. The molecule has 7 nitrogen and oxygen atoms in total. The van der Waals surface area contributed by atoms with Crippen LogP contribution in [0.1, 0.15) is 6.42 Å². The number of ether oxygens (including phenoxy) is 1. The van der Waals surface area contributed by atoms with Crippen LogP contribution in [0.4, 0.5) is 0 Å². The van der Waals surface area contributed by atoms with Crippen molar-refractivity contribution in [1.29, 1.82) is 0 Å². The lowest BCUT2D eigenvalue weighted by molar-refractivity contribution is -0.139. The molecule has 3 N–H and O–H groups in total. The smallest absolute Gasteiger partial charge is 0.309 e. The van der Waals surface area contributed by atoms with E-state index in [-0.39, 0.29) is 13.2 Å². The Bertz CT molecular complexity index is 267. The first kappa shape index (κ1) is 14.9. The number of rotatable bonds is 6. The highest BCUT2D eigenvalue weighted by atomic mass is 16.5. The number of hydrogen-bond acceptors (Lipinski definition) is 5. The minimum atomic E-state index is -0.699. The first-order valence-electron chi connectivity index (χ1n) is 6.21. The zero-order valence-electron chi connectivity index (χ0n) is 10.5. The van der Waals surface area contributed by atoms with E-state index < -0.39 is 11.8 Å². The van der Waals surface area contributed by atoms with Crippen molar-refractivity contribution in [1.82, 2.24) is 15.5 Å². The molecule has 0 spiro atoms. The average molecular weight is 259 g/mol. The summed E-state index contributed by atoms with van der Waals surface area (Å²) >= 11 is 0. The third-order valence-corrected chi connectivity index (χ3v) is 2.64. The molecular formula is C11H21N3O4. The summed E-state index contributed by atoms with van der Waals surface area (Å²) in [6, 6.07) is 0. The van der Waals surface area contributed by atoms with Gasteiger partial charge < -0.3 is 20.5 Å². The maximum atomic E-state index is 11.3. The third-order valence-electron chi connectivity index (χ3n) is 2.64. The number of morpholine rings is 1. The van der Waals surface area contributed by atoms with Crippen molar-refractivity contribution >= 4 is 11.8 Å². The van der Waals surface area contributed by atoms with E-state index in [1.165, 1.54) is 0 Å². The third kappa shape index (κ3) is 5.95. The second kappa shape index (κ2) is 8.84. The van der Waals surface area contributed by atoms with Gasteiger partial charge in [-0.3, -0.25) is 14.5 Å². The number of nitrogens with one attached hydrogen (secondary N) is 2. The molecule has 0 saturated carbocycles. The first-order valence-corrected chi connectivity index (χ1v) is 6.21. The molecule has 1 rings (SSSR count). The lowest BCUT2D eigenvalue weighted by Crippen LogP contribution is -2.42. The van der Waals surface area contributed by atoms with E-state index in [1.54, 1.807) is 0 Å². The van der Waals surface area contributed by atoms with Crippen LogP contribution in [-0.2, 0) is 14.3 Å². The van der Waals surface area contributed by atoms with Gasteiger partial charge >= 0.3 is 11.8 Å². The number of aliphatic hydroxyl groups excluding tert-OH is 1. The van der Waals surface area contributed by atoms with Gasteiger partial charge in [0, 0.05) is 26.2 Å². The summed E-state index contributed by atoms with van der Waals surface area (Å²) in [6.07, 6.45) is 0.805. The van der Waals surface area contributed by atoms with Crippen molar-refractivity contribution < 1.29 is 19.4 Å². The highest BCUT2D eigenvalue weighted by molar-refractivity contribution is 6.35. The van der Waals surface area contributed by atoms with Gasteiger partial charge in [-0.25, -0.2) is 0 Å². The van der Waals surface area contributed by atoms with Gasteiger partial charge in [0.05, 0.1) is 19.8 Å². The second-order valence-corrected chi connectivity index (χ2v) is 4.04. The van der Waals surface area contributed by atoms with Crippen LogP contribution in [0.5, 0.6) is 0 Å². The molecule has 1 aliphatic heterocycles. The van der Waals surface area contributed by atoms with Crippen molar-refractivity contribution in [3.8, 4) is 0 Å². The Balaban J connectivity index is 2.02. The van der Waals surface area contributed by atoms with Crippen LogP contribution >= 0.6 is 0 Å². The molecule has 104 valence electrons. The monoisotopic (exact) mass is 259 g/mol. The van der Waals surface area contributed by atoms with Gasteiger partial charge in [-0.1, -0.05) is 0 Å². The SMILES string of the molecule is O=C(NCCO)C(=O)NCCCN1CCOCC1. The predicted octanol–water partition coefficient (Wildman–Crippen LogP) is -2.07. The first-order chi connectivity index (χ1) is 8.74. The van der Waals surface area contributed by atoms with Crippen LogP contribution in [-0.4, -0.2) is 74.4 Å². The molecule has 0 aromatic rings. The zero-order chi connectivity index (χ0) is 13.2. The number of nitrogens with zero attached hydrogens (tertiary/aromatic N) is 1. The predicted molar refractivity (Wildman–Crippen MR) is 65.0 cm³/mol. The Labute approximate surface area is 106 Å². The molecule has 0 radical (unpaired) electrons. The van der Waals surface area contributed by atoms with Crippen LogP contribution in [0.2, 0.25) is 0 Å². The van der Waals surface area contributed by atoms with Gasteiger partial charge in [-0.2, -0.15) is 0 Å². The summed E-state index contributed by atoms with van der Waals surface area (Å²) < 4.78 is 5.23. The normalized spacial score (nSPS) is 16.3. The Morgan fingerprint density at radius 2 is 1.72 bits per heavy atom. The van der Waals surface area contributed by atoms with Crippen LogP contribution in [0.15, 0.2) is 0 Å². The van der Waals surface area contributed by atoms with E-state index in [4.69, 9.17) is 9.84 Å². The van der Waals surface area contributed by atoms with Gasteiger partial charge in [0.2, 0.25) is 0 Å². The maximum absolute atomic E-state index is 11.3. The quantitative estimate of drug-likeness (QED) is 0.377. The highest BCUT2D eigenvalue weighted by Crippen LogP contribution is 1.97. The summed E-state index contributed by atoms with van der Waals surface area (Å²) in [7, 11) is 0. The standard InChI is InChI=1S/C11H21N3O4/c15-7-3-13-11(17)10(16)12-2-1-4-14-5-8-18-9-6-14/h15H,1-9H2,(H,12,16)(H,13,17). The highest BCUT2D eigenvalue weighted by Gasteiger charge is 2.12. The van der Waals surface area contributed by atoms with Crippen LogP contribution < -0.4 is 10.6 Å². The maximum Gasteiger partial charge on any atom is 0.309 e. The van der Waals surface area contributed by atoms with E-state index in [0.717, 1.165) is 39.3 Å². The zero-order valence-corrected chi connectivity index (χ0v) is 10.5. The van der Waals surface area contributed by atoms with Crippen LogP contribution in [0, 0.1) is 0 Å². The van der Waals surface area contributed by atoms with E-state index in [2.05, 4.69) is 15.5 Å². The molecule has 2 amide bonds. The number of amides is 2. The average Bonchev–Trinajstić information content (AvgIpc) is 2.41. The Kier molecular flexibility index (Phi) is 7.31.